The Hall–Kier alpha value is -2.51. The Bertz CT molecular complexity index is 978. The normalized spacial score (nSPS) is 17.8. The summed E-state index contributed by atoms with van der Waals surface area (Å²) < 4.78 is 0.620. The number of aromatic amines is 1. The van der Waals surface area contributed by atoms with Gasteiger partial charge in [-0.1, -0.05) is 24.3 Å². The lowest BCUT2D eigenvalue weighted by molar-refractivity contribution is -0.124. The molecule has 0 saturated heterocycles. The van der Waals surface area contributed by atoms with Crippen LogP contribution in [0.3, 0.4) is 0 Å². The van der Waals surface area contributed by atoms with E-state index in [9.17, 15) is 9.59 Å². The molecule has 0 bridgehead atoms. The lowest BCUT2D eigenvalue weighted by atomic mass is 9.93. The van der Waals surface area contributed by atoms with Gasteiger partial charge in [-0.25, -0.2) is 4.98 Å². The first-order chi connectivity index (χ1) is 11.6. The van der Waals surface area contributed by atoms with Crippen LogP contribution in [-0.4, -0.2) is 26.8 Å². The van der Waals surface area contributed by atoms with Gasteiger partial charge >= 0.3 is 0 Å². The second-order valence-corrected chi connectivity index (χ2v) is 6.86. The summed E-state index contributed by atoms with van der Waals surface area (Å²) in [7, 11) is 0. The molecule has 0 fully saturated rings. The van der Waals surface area contributed by atoms with Crippen molar-refractivity contribution >= 4 is 27.5 Å². The van der Waals surface area contributed by atoms with Gasteiger partial charge in [0, 0.05) is 6.54 Å². The van der Waals surface area contributed by atoms with Gasteiger partial charge < -0.3 is 10.7 Å². The number of nitrogens with one attached hydrogen (secondary N) is 1. The van der Waals surface area contributed by atoms with Gasteiger partial charge in [0.25, 0.3) is 5.56 Å². The topological polar surface area (TPSA) is 92.1 Å². The van der Waals surface area contributed by atoms with Crippen molar-refractivity contribution in [2.75, 3.05) is 0 Å². The lowest BCUT2D eigenvalue weighted by Crippen LogP contribution is -2.48. The molecule has 1 aliphatic heterocycles. The van der Waals surface area contributed by atoms with Crippen LogP contribution in [0.1, 0.15) is 17.0 Å². The van der Waals surface area contributed by atoms with E-state index in [-0.39, 0.29) is 11.5 Å². The van der Waals surface area contributed by atoms with Gasteiger partial charge in [-0.05, 0) is 29.0 Å². The van der Waals surface area contributed by atoms with Crippen molar-refractivity contribution in [2.45, 2.75) is 25.6 Å². The molecule has 1 atom stereocenters. The number of fused-ring (bicyclic) bond motifs is 2. The molecule has 1 aliphatic rings. The minimum absolute atomic E-state index is 0.141. The predicted octanol–water partition coefficient (Wildman–Crippen LogP) is 1.40. The highest BCUT2D eigenvalue weighted by Crippen LogP contribution is 2.24. The molecule has 3 N–H and O–H groups in total. The number of amides is 1. The first-order valence-electron chi connectivity index (χ1n) is 7.68. The zero-order valence-electron chi connectivity index (χ0n) is 12.9. The number of primary amides is 1. The van der Waals surface area contributed by atoms with Crippen LogP contribution in [-0.2, 0) is 24.3 Å². The predicted molar refractivity (Wildman–Crippen MR) is 92.6 cm³/mol. The van der Waals surface area contributed by atoms with Crippen LogP contribution >= 0.6 is 11.3 Å². The first-order valence-corrected chi connectivity index (χ1v) is 8.56. The van der Waals surface area contributed by atoms with E-state index in [0.29, 0.717) is 35.6 Å². The van der Waals surface area contributed by atoms with Crippen molar-refractivity contribution in [3.05, 3.63) is 63.0 Å². The van der Waals surface area contributed by atoms with Crippen LogP contribution in [0.4, 0.5) is 0 Å². The van der Waals surface area contributed by atoms with Gasteiger partial charge in [-0.2, -0.15) is 0 Å². The van der Waals surface area contributed by atoms with Gasteiger partial charge in [0.1, 0.15) is 10.5 Å². The molecule has 0 saturated carbocycles. The van der Waals surface area contributed by atoms with E-state index in [2.05, 4.69) is 16.0 Å². The summed E-state index contributed by atoms with van der Waals surface area (Å²) in [4.78, 5) is 33.3. The van der Waals surface area contributed by atoms with E-state index in [1.54, 1.807) is 0 Å². The maximum absolute atomic E-state index is 12.1. The van der Waals surface area contributed by atoms with E-state index < -0.39 is 6.04 Å². The third-order valence-electron chi connectivity index (χ3n) is 4.39. The Kier molecular flexibility index (Phi) is 3.66. The van der Waals surface area contributed by atoms with Crippen molar-refractivity contribution in [3.63, 3.8) is 0 Å². The second kappa shape index (κ2) is 5.85. The molecule has 3 heterocycles. The third-order valence-corrected chi connectivity index (χ3v) is 5.29. The summed E-state index contributed by atoms with van der Waals surface area (Å²) >= 11 is 1.37. The minimum atomic E-state index is -0.400. The Morgan fingerprint density at radius 2 is 2.12 bits per heavy atom. The average Bonchev–Trinajstić information content (AvgIpc) is 3.03. The maximum Gasteiger partial charge on any atom is 0.268 e. The Balaban J connectivity index is 1.68. The number of hydrogen-bond acceptors (Lipinski definition) is 5. The van der Waals surface area contributed by atoms with Crippen LogP contribution in [0, 0.1) is 0 Å². The van der Waals surface area contributed by atoms with Gasteiger partial charge in [0.2, 0.25) is 5.91 Å². The molecule has 6 nitrogen and oxygen atoms in total. The number of H-pyrrole nitrogens is 1. The Labute approximate surface area is 141 Å². The van der Waals surface area contributed by atoms with E-state index in [1.807, 2.05) is 34.5 Å². The fraction of sp³-hybridized carbons (Fsp3) is 0.235. The lowest BCUT2D eigenvalue weighted by Gasteiger charge is -2.34. The number of carbonyl (C=O) groups excluding carboxylic acids is 1. The molecular formula is C17H16N4O2S. The van der Waals surface area contributed by atoms with Crippen LogP contribution in [0.25, 0.3) is 10.2 Å². The molecule has 24 heavy (non-hydrogen) atoms. The largest absolute Gasteiger partial charge is 0.368 e. The molecule has 7 heteroatoms. The highest BCUT2D eigenvalue weighted by molar-refractivity contribution is 7.17. The van der Waals surface area contributed by atoms with Crippen molar-refractivity contribution in [3.8, 4) is 0 Å². The molecule has 1 amide bonds. The summed E-state index contributed by atoms with van der Waals surface area (Å²) in [5.41, 5.74) is 8.47. The van der Waals surface area contributed by atoms with E-state index in [4.69, 9.17) is 5.73 Å². The van der Waals surface area contributed by atoms with Crippen molar-refractivity contribution < 1.29 is 4.79 Å². The van der Waals surface area contributed by atoms with Crippen LogP contribution in [0.5, 0.6) is 0 Å². The van der Waals surface area contributed by atoms with Crippen molar-refractivity contribution in [2.24, 2.45) is 5.73 Å². The van der Waals surface area contributed by atoms with Crippen molar-refractivity contribution in [1.29, 1.82) is 0 Å². The molecule has 2 aromatic heterocycles. The van der Waals surface area contributed by atoms with E-state index in [0.717, 1.165) is 5.56 Å². The molecule has 0 radical (unpaired) electrons. The summed E-state index contributed by atoms with van der Waals surface area (Å²) in [6.07, 6.45) is 0.580. The average molecular weight is 340 g/mol. The summed E-state index contributed by atoms with van der Waals surface area (Å²) in [5, 5.41) is 1.85. The molecular weight excluding hydrogens is 324 g/mol. The Morgan fingerprint density at radius 1 is 1.33 bits per heavy atom. The first kappa shape index (κ1) is 15.0. The summed E-state index contributed by atoms with van der Waals surface area (Å²) in [6, 6.07) is 9.46. The number of carbonyl (C=O) groups is 1. The second-order valence-electron chi connectivity index (χ2n) is 5.94. The number of benzene rings is 1. The fourth-order valence-electron chi connectivity index (χ4n) is 3.21. The summed E-state index contributed by atoms with van der Waals surface area (Å²) in [5.74, 6) is 0.194. The van der Waals surface area contributed by atoms with Gasteiger partial charge in [-0.15, -0.1) is 11.3 Å². The van der Waals surface area contributed by atoms with Gasteiger partial charge in [-0.3, -0.25) is 14.5 Å². The zero-order valence-corrected chi connectivity index (χ0v) is 13.7. The highest BCUT2D eigenvalue weighted by Gasteiger charge is 2.30. The minimum Gasteiger partial charge on any atom is -0.368 e. The van der Waals surface area contributed by atoms with Crippen LogP contribution in [0.2, 0.25) is 0 Å². The smallest absolute Gasteiger partial charge is 0.268 e. The van der Waals surface area contributed by atoms with E-state index >= 15 is 0 Å². The molecule has 0 aliphatic carbocycles. The van der Waals surface area contributed by atoms with Crippen LogP contribution in [0.15, 0.2) is 40.5 Å². The molecule has 3 aromatic rings. The molecule has 0 spiro atoms. The van der Waals surface area contributed by atoms with E-state index in [1.165, 1.54) is 16.9 Å². The molecule has 1 aromatic carbocycles. The molecule has 122 valence electrons. The monoisotopic (exact) mass is 340 g/mol. The molecule has 4 rings (SSSR count). The fourth-order valence-corrected chi connectivity index (χ4v) is 3.94. The number of hydrogen-bond donors (Lipinski definition) is 2. The standard InChI is InChI=1S/C17H16N4O2S/c18-16(22)13-7-10-3-1-2-4-11(10)8-21(13)9-14-19-12-5-6-24-15(12)17(23)20-14/h1-6,13H,7-9H2,(H2,18,22)(H,19,20,23)/t13-/m1/s1. The van der Waals surface area contributed by atoms with Crippen molar-refractivity contribution in [1.82, 2.24) is 14.9 Å². The number of rotatable bonds is 3. The molecule has 0 unspecified atom stereocenters. The van der Waals surface area contributed by atoms with Gasteiger partial charge in [0.15, 0.2) is 0 Å². The SMILES string of the molecule is NC(=O)[C@H]1Cc2ccccc2CN1Cc1nc2ccsc2c(=O)[nH]1. The number of nitrogens with zero attached hydrogens (tertiary/aromatic N) is 2. The van der Waals surface area contributed by atoms with Gasteiger partial charge in [0.05, 0.1) is 18.1 Å². The van der Waals surface area contributed by atoms with Crippen LogP contribution < -0.4 is 11.3 Å². The quantitative estimate of drug-likeness (QED) is 0.754. The Morgan fingerprint density at radius 3 is 2.92 bits per heavy atom. The summed E-state index contributed by atoms with van der Waals surface area (Å²) in [6.45, 7) is 0.984. The highest BCUT2D eigenvalue weighted by atomic mass is 32.1. The number of nitrogens with two attached hydrogens (primary N) is 1. The maximum atomic E-state index is 12.1. The zero-order chi connectivity index (χ0) is 16.7. The number of thiophene rings is 1. The number of aromatic nitrogens is 2. The third kappa shape index (κ3) is 2.61.